The van der Waals surface area contributed by atoms with E-state index in [1.54, 1.807) is 12.1 Å². The van der Waals surface area contributed by atoms with Gasteiger partial charge in [-0.15, -0.1) is 0 Å². The molecule has 86 valence electrons. The topological polar surface area (TPSA) is 72.6 Å². The molecule has 0 fully saturated rings. The number of hydrogen-bond acceptors (Lipinski definition) is 3. The maximum Gasteiger partial charge on any atom is 0.315 e. The van der Waals surface area contributed by atoms with Crippen LogP contribution in [0.15, 0.2) is 18.2 Å². The smallest absolute Gasteiger partial charge is 0.315 e. The number of nitrogens with zero attached hydrogens (tertiary/aromatic N) is 1. The van der Waals surface area contributed by atoms with Crippen molar-refractivity contribution in [3.05, 3.63) is 23.2 Å². The maximum absolute atomic E-state index is 11.3. The fraction of sp³-hybridized carbons (Fsp3) is 0.200. The van der Waals surface area contributed by atoms with Gasteiger partial charge in [-0.25, -0.2) is 0 Å². The normalized spacial score (nSPS) is 9.69. The summed E-state index contributed by atoms with van der Waals surface area (Å²) in [5.74, 6) is -1.33. The molecule has 1 aromatic rings. The lowest BCUT2D eigenvalue weighted by molar-refractivity contribution is -0.135. The molecule has 0 unspecified atom stereocenters. The van der Waals surface area contributed by atoms with E-state index in [1.165, 1.54) is 20.2 Å². The highest BCUT2D eigenvalue weighted by atomic mass is 35.5. The molecule has 0 heterocycles. The van der Waals surface area contributed by atoms with Crippen LogP contribution in [-0.4, -0.2) is 26.0 Å². The van der Waals surface area contributed by atoms with Crippen LogP contribution in [0.5, 0.6) is 5.75 Å². The van der Waals surface area contributed by atoms with E-state index in [-0.39, 0.29) is 0 Å². The molecular formula is C10H11ClN2O3. The van der Waals surface area contributed by atoms with Gasteiger partial charge >= 0.3 is 11.8 Å². The molecule has 0 aliphatic rings. The van der Waals surface area contributed by atoms with Gasteiger partial charge in [-0.2, -0.15) is 0 Å². The molecule has 0 aliphatic carbocycles. The lowest BCUT2D eigenvalue weighted by Crippen LogP contribution is -2.37. The second-order valence-corrected chi connectivity index (χ2v) is 3.45. The molecule has 0 saturated heterocycles. The Labute approximate surface area is 97.7 Å². The van der Waals surface area contributed by atoms with Crippen molar-refractivity contribution in [2.75, 3.05) is 19.1 Å². The Kier molecular flexibility index (Phi) is 3.73. The summed E-state index contributed by atoms with van der Waals surface area (Å²) in [6.45, 7) is 0. The summed E-state index contributed by atoms with van der Waals surface area (Å²) in [6, 6.07) is 4.72. The Morgan fingerprint density at radius 2 is 2.06 bits per heavy atom. The third kappa shape index (κ3) is 2.43. The molecule has 0 aromatic heterocycles. The zero-order valence-corrected chi connectivity index (χ0v) is 9.62. The number of amides is 2. The van der Waals surface area contributed by atoms with E-state index in [2.05, 4.69) is 0 Å². The molecule has 0 aliphatic heterocycles. The van der Waals surface area contributed by atoms with Crippen LogP contribution in [0.25, 0.3) is 0 Å². The van der Waals surface area contributed by atoms with Crippen LogP contribution in [0.3, 0.4) is 0 Å². The van der Waals surface area contributed by atoms with E-state index in [0.717, 1.165) is 4.90 Å². The zero-order valence-electron chi connectivity index (χ0n) is 8.86. The number of nitrogens with two attached hydrogens (primary N) is 1. The molecule has 16 heavy (non-hydrogen) atoms. The molecule has 0 radical (unpaired) electrons. The molecule has 2 amide bonds. The van der Waals surface area contributed by atoms with Crippen molar-refractivity contribution in [3.63, 3.8) is 0 Å². The van der Waals surface area contributed by atoms with E-state index in [1.807, 2.05) is 0 Å². The average molecular weight is 243 g/mol. The largest absolute Gasteiger partial charge is 0.495 e. The van der Waals surface area contributed by atoms with Gasteiger partial charge in [0.1, 0.15) is 5.75 Å². The van der Waals surface area contributed by atoms with Gasteiger partial charge in [-0.3, -0.25) is 9.59 Å². The lowest BCUT2D eigenvalue weighted by atomic mass is 10.2. The fourth-order valence-electron chi connectivity index (χ4n) is 1.15. The van der Waals surface area contributed by atoms with Crippen molar-refractivity contribution >= 4 is 29.1 Å². The number of halogens is 1. The van der Waals surface area contributed by atoms with Crippen LogP contribution in [0.1, 0.15) is 0 Å². The lowest BCUT2D eigenvalue weighted by Gasteiger charge is -2.16. The van der Waals surface area contributed by atoms with E-state index in [0.29, 0.717) is 16.5 Å². The predicted molar refractivity (Wildman–Crippen MR) is 60.6 cm³/mol. The summed E-state index contributed by atoms with van der Waals surface area (Å²) in [4.78, 5) is 23.1. The molecule has 1 aromatic carbocycles. The van der Waals surface area contributed by atoms with Gasteiger partial charge in [0.25, 0.3) is 0 Å². The van der Waals surface area contributed by atoms with Crippen LogP contribution in [0.2, 0.25) is 5.02 Å². The van der Waals surface area contributed by atoms with Gasteiger partial charge in [-0.05, 0) is 18.2 Å². The molecular weight excluding hydrogens is 232 g/mol. The highest BCUT2D eigenvalue weighted by Gasteiger charge is 2.17. The molecule has 0 atom stereocenters. The summed E-state index contributed by atoms with van der Waals surface area (Å²) in [5.41, 5.74) is 5.35. The molecule has 0 bridgehead atoms. The first-order chi connectivity index (χ1) is 7.47. The third-order valence-electron chi connectivity index (χ3n) is 2.04. The van der Waals surface area contributed by atoms with E-state index >= 15 is 0 Å². The van der Waals surface area contributed by atoms with Gasteiger partial charge < -0.3 is 15.4 Å². The number of likely N-dealkylation sites (N-methyl/N-ethyl adjacent to an activating group) is 1. The quantitative estimate of drug-likeness (QED) is 0.780. The summed E-state index contributed by atoms with van der Waals surface area (Å²) in [6.07, 6.45) is 0. The minimum atomic E-state index is -1.02. The van der Waals surface area contributed by atoms with Gasteiger partial charge in [0.05, 0.1) is 12.1 Å². The molecule has 6 heteroatoms. The highest BCUT2D eigenvalue weighted by molar-refractivity contribution is 6.40. The average Bonchev–Trinajstić information content (AvgIpc) is 2.26. The number of carbonyl (C=O) groups excluding carboxylic acids is 2. The number of ether oxygens (including phenoxy) is 1. The molecule has 0 saturated carbocycles. The maximum atomic E-state index is 11.3. The zero-order chi connectivity index (χ0) is 12.3. The van der Waals surface area contributed by atoms with E-state index < -0.39 is 11.8 Å². The van der Waals surface area contributed by atoms with E-state index in [9.17, 15) is 9.59 Å². The molecule has 1 rings (SSSR count). The van der Waals surface area contributed by atoms with Gasteiger partial charge in [0, 0.05) is 12.7 Å². The number of anilines is 1. The second kappa shape index (κ2) is 4.85. The number of benzene rings is 1. The van der Waals surface area contributed by atoms with Crippen LogP contribution in [0, 0.1) is 0 Å². The summed E-state index contributed by atoms with van der Waals surface area (Å²) in [7, 11) is 2.92. The molecule has 2 N–H and O–H groups in total. The van der Waals surface area contributed by atoms with Crippen molar-refractivity contribution in [1.29, 1.82) is 0 Å². The molecule has 5 nitrogen and oxygen atoms in total. The Morgan fingerprint density at radius 1 is 1.44 bits per heavy atom. The minimum absolute atomic E-state index is 0.351. The first-order valence-electron chi connectivity index (χ1n) is 4.38. The fourth-order valence-corrected chi connectivity index (χ4v) is 1.40. The first-order valence-corrected chi connectivity index (χ1v) is 4.76. The van der Waals surface area contributed by atoms with Crippen molar-refractivity contribution in [3.8, 4) is 5.75 Å². The number of primary amides is 1. The van der Waals surface area contributed by atoms with Crippen LogP contribution >= 0.6 is 11.6 Å². The third-order valence-corrected chi connectivity index (χ3v) is 2.33. The number of methoxy groups -OCH3 is 1. The number of rotatable bonds is 2. The standard InChI is InChI=1S/C10H11ClN2O3/c1-13(10(15)9(12)14)6-3-4-8(16-2)7(11)5-6/h3-5H,1-2H3,(H2,12,14). The van der Waals surface area contributed by atoms with Gasteiger partial charge in [0.2, 0.25) is 0 Å². The van der Waals surface area contributed by atoms with Crippen molar-refractivity contribution in [2.45, 2.75) is 0 Å². The van der Waals surface area contributed by atoms with Crippen LogP contribution in [-0.2, 0) is 9.59 Å². The predicted octanol–water partition coefficient (Wildman–Crippen LogP) is 0.797. The SMILES string of the molecule is COc1ccc(N(C)C(=O)C(N)=O)cc1Cl. The highest BCUT2D eigenvalue weighted by Crippen LogP contribution is 2.28. The minimum Gasteiger partial charge on any atom is -0.495 e. The summed E-state index contributed by atoms with van der Waals surface area (Å²) >= 11 is 5.88. The number of hydrogen-bond donors (Lipinski definition) is 1. The monoisotopic (exact) mass is 242 g/mol. The van der Waals surface area contributed by atoms with Crippen LogP contribution in [0.4, 0.5) is 5.69 Å². The Balaban J connectivity index is 3.01. The summed E-state index contributed by atoms with van der Waals surface area (Å²) in [5, 5.41) is 0.351. The first kappa shape index (κ1) is 12.3. The molecule has 0 spiro atoms. The van der Waals surface area contributed by atoms with Gasteiger partial charge in [-0.1, -0.05) is 11.6 Å². The summed E-state index contributed by atoms with van der Waals surface area (Å²) < 4.78 is 4.96. The second-order valence-electron chi connectivity index (χ2n) is 3.05. The Bertz CT molecular complexity index is 434. The Morgan fingerprint density at radius 3 is 2.50 bits per heavy atom. The van der Waals surface area contributed by atoms with Crippen molar-refractivity contribution in [1.82, 2.24) is 0 Å². The van der Waals surface area contributed by atoms with Gasteiger partial charge in [0.15, 0.2) is 0 Å². The number of carbonyl (C=O) groups is 2. The van der Waals surface area contributed by atoms with Crippen LogP contribution < -0.4 is 15.4 Å². The van der Waals surface area contributed by atoms with E-state index in [4.69, 9.17) is 22.1 Å². The van der Waals surface area contributed by atoms with Crippen molar-refractivity contribution in [2.24, 2.45) is 5.73 Å². The van der Waals surface area contributed by atoms with Crippen molar-refractivity contribution < 1.29 is 14.3 Å². The Hall–Kier alpha value is -1.75.